The Bertz CT molecular complexity index is 910. The van der Waals surface area contributed by atoms with E-state index in [1.165, 1.54) is 4.88 Å². The van der Waals surface area contributed by atoms with Crippen molar-refractivity contribution < 1.29 is 14.3 Å². The van der Waals surface area contributed by atoms with E-state index in [2.05, 4.69) is 27.3 Å². The van der Waals surface area contributed by atoms with Crippen LogP contribution in [0.3, 0.4) is 0 Å². The summed E-state index contributed by atoms with van der Waals surface area (Å²) in [5.41, 5.74) is 1.97. The Hall–Kier alpha value is -2.35. The van der Waals surface area contributed by atoms with E-state index >= 15 is 0 Å². The number of carbonyl (C=O) groups is 1. The zero-order valence-corrected chi connectivity index (χ0v) is 19.6. The lowest BCUT2D eigenvalue weighted by Crippen LogP contribution is -2.37. The van der Waals surface area contributed by atoms with Crippen molar-refractivity contribution in [3.05, 3.63) is 80.5 Å². The molecule has 1 aromatic heterocycles. The molecule has 1 amide bonds. The van der Waals surface area contributed by atoms with Crippen LogP contribution < -0.4 is 14.8 Å². The Labute approximate surface area is 189 Å². The molecular weight excluding hydrogens is 464 g/mol. The van der Waals surface area contributed by atoms with Crippen LogP contribution in [0.5, 0.6) is 11.5 Å². The van der Waals surface area contributed by atoms with Gasteiger partial charge in [0.1, 0.15) is 11.5 Å². The van der Waals surface area contributed by atoms with Crippen molar-refractivity contribution in [2.45, 2.75) is 12.6 Å². The molecule has 3 aromatic rings. The first-order valence-corrected chi connectivity index (χ1v) is 11.1. The molecular formula is C23H25BrN2O3S. The van der Waals surface area contributed by atoms with Gasteiger partial charge in [0.2, 0.25) is 5.91 Å². The maximum absolute atomic E-state index is 12.8. The van der Waals surface area contributed by atoms with Gasteiger partial charge in [-0.25, -0.2) is 0 Å². The summed E-state index contributed by atoms with van der Waals surface area (Å²) in [5, 5.41) is 3.18. The number of benzene rings is 2. The minimum Gasteiger partial charge on any atom is -0.497 e. The number of rotatable bonds is 9. The van der Waals surface area contributed by atoms with Crippen LogP contribution in [0.25, 0.3) is 0 Å². The predicted molar refractivity (Wildman–Crippen MR) is 124 cm³/mol. The number of carbonyl (C=O) groups excluding carboxylic acids is 1. The van der Waals surface area contributed by atoms with Gasteiger partial charge in [0.15, 0.2) is 0 Å². The monoisotopic (exact) mass is 488 g/mol. The van der Waals surface area contributed by atoms with E-state index in [0.29, 0.717) is 6.54 Å². The summed E-state index contributed by atoms with van der Waals surface area (Å²) >= 11 is 5.16. The summed E-state index contributed by atoms with van der Waals surface area (Å²) in [6, 6.07) is 19.3. The highest BCUT2D eigenvalue weighted by atomic mass is 79.9. The van der Waals surface area contributed by atoms with Crippen molar-refractivity contribution in [3.8, 4) is 11.5 Å². The van der Waals surface area contributed by atoms with Crippen molar-refractivity contribution in [1.82, 2.24) is 10.2 Å². The fourth-order valence-electron chi connectivity index (χ4n) is 3.16. The van der Waals surface area contributed by atoms with Crippen LogP contribution in [0.1, 0.15) is 22.0 Å². The van der Waals surface area contributed by atoms with Crippen molar-refractivity contribution in [3.63, 3.8) is 0 Å². The number of methoxy groups -OCH3 is 2. The molecule has 0 bridgehead atoms. The molecule has 0 unspecified atom stereocenters. The van der Waals surface area contributed by atoms with Crippen LogP contribution in [0, 0.1) is 0 Å². The molecule has 0 aliphatic rings. The summed E-state index contributed by atoms with van der Waals surface area (Å²) in [5.74, 6) is 1.52. The maximum atomic E-state index is 12.8. The molecule has 158 valence electrons. The average Bonchev–Trinajstić information content (AvgIpc) is 3.16. The number of halogens is 1. The van der Waals surface area contributed by atoms with Crippen LogP contribution in [0.2, 0.25) is 0 Å². The Kier molecular flexibility index (Phi) is 7.90. The van der Waals surface area contributed by atoms with Crippen LogP contribution in [0.15, 0.2) is 64.5 Å². The summed E-state index contributed by atoms with van der Waals surface area (Å²) in [6.45, 7) is 1.03. The minimum atomic E-state index is -0.265. The first kappa shape index (κ1) is 22.3. The first-order chi connectivity index (χ1) is 14.5. The van der Waals surface area contributed by atoms with Crippen LogP contribution in [0.4, 0.5) is 0 Å². The topological polar surface area (TPSA) is 50.8 Å². The fraction of sp³-hybridized carbons (Fsp3) is 0.261. The van der Waals surface area contributed by atoms with E-state index in [9.17, 15) is 4.79 Å². The quantitative estimate of drug-likeness (QED) is 0.466. The van der Waals surface area contributed by atoms with Gasteiger partial charge in [-0.15, -0.1) is 11.3 Å². The molecule has 30 heavy (non-hydrogen) atoms. The third kappa shape index (κ3) is 6.08. The third-order valence-electron chi connectivity index (χ3n) is 4.67. The average molecular weight is 489 g/mol. The second-order valence-corrected chi connectivity index (χ2v) is 9.47. The Morgan fingerprint density at radius 2 is 1.50 bits per heavy atom. The molecule has 0 radical (unpaired) electrons. The van der Waals surface area contributed by atoms with Crippen molar-refractivity contribution >= 4 is 33.2 Å². The van der Waals surface area contributed by atoms with Gasteiger partial charge in [-0.2, -0.15) is 0 Å². The predicted octanol–water partition coefficient (Wildman–Crippen LogP) is 4.87. The van der Waals surface area contributed by atoms with Gasteiger partial charge in [-0.1, -0.05) is 24.3 Å². The van der Waals surface area contributed by atoms with Gasteiger partial charge in [0, 0.05) is 11.4 Å². The van der Waals surface area contributed by atoms with Gasteiger partial charge in [0.25, 0.3) is 0 Å². The summed E-state index contributed by atoms with van der Waals surface area (Å²) < 4.78 is 11.6. The van der Waals surface area contributed by atoms with Crippen molar-refractivity contribution in [1.29, 1.82) is 0 Å². The second kappa shape index (κ2) is 10.6. The van der Waals surface area contributed by atoms with Crippen LogP contribution >= 0.6 is 27.3 Å². The lowest BCUT2D eigenvalue weighted by atomic mass is 9.98. The van der Waals surface area contributed by atoms with Gasteiger partial charge < -0.3 is 14.8 Å². The molecule has 3 rings (SSSR count). The smallest absolute Gasteiger partial charge is 0.234 e. The zero-order valence-electron chi connectivity index (χ0n) is 17.2. The number of nitrogens with zero attached hydrogens (tertiary/aromatic N) is 1. The molecule has 1 heterocycles. The van der Waals surface area contributed by atoms with Crippen LogP contribution in [-0.2, 0) is 11.3 Å². The number of hydrogen-bond donors (Lipinski definition) is 1. The first-order valence-electron chi connectivity index (χ1n) is 9.48. The highest BCUT2D eigenvalue weighted by molar-refractivity contribution is 9.11. The largest absolute Gasteiger partial charge is 0.497 e. The molecule has 0 aliphatic carbocycles. The van der Waals surface area contributed by atoms with E-state index in [-0.39, 0.29) is 11.9 Å². The van der Waals surface area contributed by atoms with Crippen molar-refractivity contribution in [2.75, 3.05) is 27.8 Å². The summed E-state index contributed by atoms with van der Waals surface area (Å²) in [7, 11) is 5.22. The molecule has 0 saturated carbocycles. The maximum Gasteiger partial charge on any atom is 0.234 e. The number of thiophene rings is 1. The highest BCUT2D eigenvalue weighted by Crippen LogP contribution is 2.26. The van der Waals surface area contributed by atoms with Gasteiger partial charge in [-0.3, -0.25) is 9.69 Å². The van der Waals surface area contributed by atoms with E-state index in [0.717, 1.165) is 33.0 Å². The molecule has 2 aromatic carbocycles. The SMILES string of the molecule is COc1ccc(C(NC(=O)CN(C)Cc2ccc(Br)s2)c2ccc(OC)cc2)cc1. The molecule has 0 atom stereocenters. The normalized spacial score (nSPS) is 11.0. The number of ether oxygens (including phenoxy) is 2. The Morgan fingerprint density at radius 3 is 1.93 bits per heavy atom. The molecule has 7 heteroatoms. The molecule has 5 nitrogen and oxygen atoms in total. The van der Waals surface area contributed by atoms with E-state index in [4.69, 9.17) is 9.47 Å². The van der Waals surface area contributed by atoms with E-state index < -0.39 is 0 Å². The Morgan fingerprint density at radius 1 is 0.967 bits per heavy atom. The van der Waals surface area contributed by atoms with Gasteiger partial charge in [0.05, 0.1) is 30.6 Å². The lowest BCUT2D eigenvalue weighted by Gasteiger charge is -2.22. The number of amides is 1. The third-order valence-corrected chi connectivity index (χ3v) is 6.28. The zero-order chi connectivity index (χ0) is 21.5. The fourth-order valence-corrected chi connectivity index (χ4v) is 4.73. The standard InChI is InChI=1S/C23H25BrN2O3S/c1-26(14-20-12-13-21(24)30-20)15-22(27)25-23(16-4-8-18(28-2)9-5-16)17-6-10-19(29-3)11-7-17/h4-13,23H,14-15H2,1-3H3,(H,25,27). The summed E-state index contributed by atoms with van der Waals surface area (Å²) in [6.07, 6.45) is 0. The Balaban J connectivity index is 1.74. The van der Waals surface area contributed by atoms with Gasteiger partial charge in [-0.05, 0) is 70.5 Å². The molecule has 0 fully saturated rings. The second-order valence-electron chi connectivity index (χ2n) is 6.92. The van der Waals surface area contributed by atoms with Gasteiger partial charge >= 0.3 is 0 Å². The summed E-state index contributed by atoms with van der Waals surface area (Å²) in [4.78, 5) is 16.1. The minimum absolute atomic E-state index is 0.0373. The van der Waals surface area contributed by atoms with Crippen molar-refractivity contribution in [2.24, 2.45) is 0 Å². The lowest BCUT2D eigenvalue weighted by molar-refractivity contribution is -0.122. The van der Waals surface area contributed by atoms with E-state index in [1.54, 1.807) is 25.6 Å². The number of likely N-dealkylation sites (N-methyl/N-ethyl adjacent to an activating group) is 1. The molecule has 0 saturated heterocycles. The number of hydrogen-bond acceptors (Lipinski definition) is 5. The molecule has 0 spiro atoms. The molecule has 1 N–H and O–H groups in total. The van der Waals surface area contributed by atoms with E-state index in [1.807, 2.05) is 66.5 Å². The number of nitrogens with one attached hydrogen (secondary N) is 1. The van der Waals surface area contributed by atoms with Crippen LogP contribution in [-0.4, -0.2) is 38.6 Å². The highest BCUT2D eigenvalue weighted by Gasteiger charge is 2.18. The molecule has 0 aliphatic heterocycles.